The molecule has 1 aromatic heterocycles. The lowest BCUT2D eigenvalue weighted by molar-refractivity contribution is 0.111. The van der Waals surface area contributed by atoms with Gasteiger partial charge in [0.2, 0.25) is 0 Å². The minimum atomic E-state index is 0.270. The van der Waals surface area contributed by atoms with Crippen LogP contribution in [-0.4, -0.2) is 11.6 Å². The van der Waals surface area contributed by atoms with E-state index >= 15 is 0 Å². The lowest BCUT2D eigenvalue weighted by Crippen LogP contribution is -1.93. The Labute approximate surface area is 77.7 Å². The van der Waals surface area contributed by atoms with E-state index < -0.39 is 0 Å². The van der Waals surface area contributed by atoms with Gasteiger partial charge < -0.3 is 4.74 Å². The van der Waals surface area contributed by atoms with Gasteiger partial charge in [-0.05, 0) is 28.8 Å². The monoisotopic (exact) mass is 233 g/mol. The van der Waals surface area contributed by atoms with E-state index in [1.165, 1.54) is 6.42 Å². The van der Waals surface area contributed by atoms with E-state index in [1.807, 2.05) is 6.20 Å². The van der Waals surface area contributed by atoms with Crippen molar-refractivity contribution in [2.75, 3.05) is 6.61 Å². The second kappa shape index (κ2) is 3.21. The second-order valence-electron chi connectivity index (χ2n) is 2.50. The summed E-state index contributed by atoms with van der Waals surface area (Å²) in [5, 5.41) is 1.11. The molecule has 0 spiro atoms. The number of halogens is 1. The number of rotatable bonds is 1. The Balaban J connectivity index is 2.15. The maximum atomic E-state index is 5.48. The highest BCUT2D eigenvalue weighted by Gasteiger charge is 2.20. The maximum Gasteiger partial charge on any atom is 0.123 e. The van der Waals surface area contributed by atoms with Crippen LogP contribution in [-0.2, 0) is 4.74 Å². The number of hydrogen-bond acceptors (Lipinski definition) is 3. The fourth-order valence-electron chi connectivity index (χ4n) is 1.19. The van der Waals surface area contributed by atoms with Gasteiger partial charge in [-0.3, -0.25) is 0 Å². The molecule has 1 unspecified atom stereocenters. The van der Waals surface area contributed by atoms with E-state index in [9.17, 15) is 0 Å². The lowest BCUT2D eigenvalue weighted by Gasteiger charge is -2.02. The van der Waals surface area contributed by atoms with Gasteiger partial charge >= 0.3 is 0 Å². The van der Waals surface area contributed by atoms with Gasteiger partial charge in [0.15, 0.2) is 0 Å². The fourth-order valence-corrected chi connectivity index (χ4v) is 2.52. The summed E-state index contributed by atoms with van der Waals surface area (Å²) in [6.07, 6.45) is 4.40. The van der Waals surface area contributed by atoms with Crippen molar-refractivity contribution >= 4 is 27.3 Å². The summed E-state index contributed by atoms with van der Waals surface area (Å²) in [7, 11) is 0. The van der Waals surface area contributed by atoms with Crippen molar-refractivity contribution in [1.82, 2.24) is 4.98 Å². The van der Waals surface area contributed by atoms with E-state index in [4.69, 9.17) is 4.74 Å². The van der Waals surface area contributed by atoms with Gasteiger partial charge in [0.25, 0.3) is 0 Å². The Kier molecular flexibility index (Phi) is 2.25. The van der Waals surface area contributed by atoms with Gasteiger partial charge in [-0.2, -0.15) is 0 Å². The van der Waals surface area contributed by atoms with Crippen molar-refractivity contribution < 1.29 is 4.74 Å². The predicted molar refractivity (Wildman–Crippen MR) is 47.7 cm³/mol. The highest BCUT2D eigenvalue weighted by molar-refractivity contribution is 9.11. The molecular formula is C7H8BrNOS. The largest absolute Gasteiger partial charge is 0.371 e. The Morgan fingerprint density at radius 1 is 1.73 bits per heavy atom. The first-order valence-electron chi connectivity index (χ1n) is 3.59. The smallest absolute Gasteiger partial charge is 0.123 e. The zero-order chi connectivity index (χ0) is 7.68. The summed E-state index contributed by atoms with van der Waals surface area (Å²) in [6.45, 7) is 0.891. The molecule has 2 heterocycles. The van der Waals surface area contributed by atoms with Gasteiger partial charge in [0, 0.05) is 6.61 Å². The average molecular weight is 234 g/mol. The molecule has 0 aliphatic carbocycles. The molecule has 2 nitrogen and oxygen atoms in total. The molecule has 1 aromatic rings. The van der Waals surface area contributed by atoms with Crippen LogP contribution in [0.4, 0.5) is 0 Å². The normalized spacial score (nSPS) is 24.3. The standard InChI is InChI=1S/C7H8BrNOS/c8-6-4-9-7(11-6)5-2-1-3-10-5/h4-5H,1-3H2. The van der Waals surface area contributed by atoms with E-state index in [0.717, 1.165) is 21.8 Å². The molecule has 0 bridgehead atoms. The number of nitrogens with zero attached hydrogens (tertiary/aromatic N) is 1. The summed E-state index contributed by atoms with van der Waals surface area (Å²) < 4.78 is 6.57. The molecule has 1 aliphatic heterocycles. The Hall–Kier alpha value is 0.0700. The topological polar surface area (TPSA) is 22.1 Å². The van der Waals surface area contributed by atoms with Crippen molar-refractivity contribution in [2.24, 2.45) is 0 Å². The molecule has 1 aliphatic rings. The first-order valence-corrected chi connectivity index (χ1v) is 5.20. The Morgan fingerprint density at radius 3 is 3.18 bits per heavy atom. The fraction of sp³-hybridized carbons (Fsp3) is 0.571. The average Bonchev–Trinajstić information content (AvgIpc) is 2.55. The summed E-state index contributed by atoms with van der Waals surface area (Å²) in [5.74, 6) is 0. The van der Waals surface area contributed by atoms with Crippen molar-refractivity contribution in [2.45, 2.75) is 18.9 Å². The van der Waals surface area contributed by atoms with Gasteiger partial charge in [0.05, 0.1) is 9.98 Å². The lowest BCUT2D eigenvalue weighted by atomic mass is 10.2. The summed E-state index contributed by atoms with van der Waals surface area (Å²) in [4.78, 5) is 4.24. The predicted octanol–water partition coefficient (Wildman–Crippen LogP) is 2.76. The minimum Gasteiger partial charge on any atom is -0.371 e. The van der Waals surface area contributed by atoms with Crippen molar-refractivity contribution in [3.8, 4) is 0 Å². The van der Waals surface area contributed by atoms with Crippen LogP contribution in [0.3, 0.4) is 0 Å². The molecule has 0 saturated carbocycles. The number of thiazole rings is 1. The van der Waals surface area contributed by atoms with Crippen LogP contribution in [0.1, 0.15) is 24.0 Å². The van der Waals surface area contributed by atoms with E-state index in [-0.39, 0.29) is 6.10 Å². The van der Waals surface area contributed by atoms with Gasteiger partial charge in [-0.1, -0.05) is 0 Å². The quantitative estimate of drug-likeness (QED) is 0.745. The first kappa shape index (κ1) is 7.71. The highest BCUT2D eigenvalue weighted by Crippen LogP contribution is 2.32. The number of ether oxygens (including phenoxy) is 1. The van der Waals surface area contributed by atoms with Crippen molar-refractivity contribution in [1.29, 1.82) is 0 Å². The molecule has 1 saturated heterocycles. The van der Waals surface area contributed by atoms with Gasteiger partial charge in [-0.25, -0.2) is 4.98 Å². The molecule has 0 amide bonds. The Morgan fingerprint density at radius 2 is 2.64 bits per heavy atom. The molecule has 4 heteroatoms. The van der Waals surface area contributed by atoms with Crippen LogP contribution in [0, 0.1) is 0 Å². The molecular weight excluding hydrogens is 226 g/mol. The SMILES string of the molecule is Brc1cnc(C2CCCO2)s1. The Bertz CT molecular complexity index is 244. The van der Waals surface area contributed by atoms with Crippen molar-refractivity contribution in [3.05, 3.63) is 15.0 Å². The third-order valence-electron chi connectivity index (χ3n) is 1.70. The van der Waals surface area contributed by atoms with E-state index in [0.29, 0.717) is 0 Å². The highest BCUT2D eigenvalue weighted by atomic mass is 79.9. The van der Waals surface area contributed by atoms with Crippen LogP contribution in [0.25, 0.3) is 0 Å². The van der Waals surface area contributed by atoms with Crippen molar-refractivity contribution in [3.63, 3.8) is 0 Å². The van der Waals surface area contributed by atoms with Crippen LogP contribution in [0.2, 0.25) is 0 Å². The second-order valence-corrected chi connectivity index (χ2v) is 4.95. The molecule has 1 atom stereocenters. The van der Waals surface area contributed by atoms with Crippen LogP contribution in [0.5, 0.6) is 0 Å². The zero-order valence-electron chi connectivity index (χ0n) is 5.92. The summed E-state index contributed by atoms with van der Waals surface area (Å²) in [6, 6.07) is 0. The van der Waals surface area contributed by atoms with Gasteiger partial charge in [-0.15, -0.1) is 11.3 Å². The first-order chi connectivity index (χ1) is 5.36. The third kappa shape index (κ3) is 1.63. The molecule has 2 rings (SSSR count). The minimum absolute atomic E-state index is 0.270. The summed E-state index contributed by atoms with van der Waals surface area (Å²) >= 11 is 5.05. The van der Waals surface area contributed by atoms with Gasteiger partial charge in [0.1, 0.15) is 11.1 Å². The third-order valence-corrected chi connectivity index (χ3v) is 3.27. The number of aromatic nitrogens is 1. The van der Waals surface area contributed by atoms with E-state index in [2.05, 4.69) is 20.9 Å². The zero-order valence-corrected chi connectivity index (χ0v) is 8.32. The molecule has 0 N–H and O–H groups in total. The summed E-state index contributed by atoms with van der Waals surface area (Å²) in [5.41, 5.74) is 0. The molecule has 1 fully saturated rings. The molecule has 60 valence electrons. The molecule has 11 heavy (non-hydrogen) atoms. The number of hydrogen-bond donors (Lipinski definition) is 0. The maximum absolute atomic E-state index is 5.48. The van der Waals surface area contributed by atoms with Crippen LogP contribution < -0.4 is 0 Å². The van der Waals surface area contributed by atoms with Crippen LogP contribution >= 0.6 is 27.3 Å². The van der Waals surface area contributed by atoms with Crippen LogP contribution in [0.15, 0.2) is 9.98 Å². The van der Waals surface area contributed by atoms with E-state index in [1.54, 1.807) is 11.3 Å². The molecule has 0 aromatic carbocycles. The molecule has 0 radical (unpaired) electrons.